The molecule has 1 aliphatic carbocycles. The molecule has 0 amide bonds. The van der Waals surface area contributed by atoms with Crippen molar-refractivity contribution in [2.24, 2.45) is 0 Å². The molecule has 88 valence electrons. The third kappa shape index (κ3) is 2.91. The zero-order valence-electron chi connectivity index (χ0n) is 9.54. The smallest absolute Gasteiger partial charge is 0.134 e. The van der Waals surface area contributed by atoms with Crippen LogP contribution in [0.2, 0.25) is 0 Å². The lowest BCUT2D eigenvalue weighted by Crippen LogP contribution is -2.19. The van der Waals surface area contributed by atoms with Crippen molar-refractivity contribution in [2.75, 3.05) is 7.11 Å². The van der Waals surface area contributed by atoms with Crippen LogP contribution in [0, 0.1) is 0 Å². The Morgan fingerprint density at radius 1 is 1.19 bits per heavy atom. The average molecular weight is 285 g/mol. The number of hydrogen-bond acceptors (Lipinski definition) is 2. The summed E-state index contributed by atoms with van der Waals surface area (Å²) in [4.78, 5) is 0. The Balaban J connectivity index is 2.03. The molecule has 0 saturated heterocycles. The maximum Gasteiger partial charge on any atom is 0.134 e. The molecule has 0 radical (unpaired) electrons. The van der Waals surface area contributed by atoms with Gasteiger partial charge in [-0.15, -0.1) is 0 Å². The summed E-state index contributed by atoms with van der Waals surface area (Å²) in [5, 5.41) is 0. The van der Waals surface area contributed by atoms with E-state index in [2.05, 4.69) is 15.9 Å². The predicted molar refractivity (Wildman–Crippen MR) is 68.2 cm³/mol. The van der Waals surface area contributed by atoms with Gasteiger partial charge in [0.05, 0.1) is 17.7 Å². The highest BCUT2D eigenvalue weighted by atomic mass is 79.9. The fraction of sp³-hybridized carbons (Fsp3) is 0.538. The fourth-order valence-corrected chi connectivity index (χ4v) is 2.52. The number of ether oxygens (including phenoxy) is 2. The highest BCUT2D eigenvalue weighted by Gasteiger charge is 2.16. The van der Waals surface area contributed by atoms with Crippen LogP contribution in [0.25, 0.3) is 0 Å². The molecule has 2 nitrogen and oxygen atoms in total. The summed E-state index contributed by atoms with van der Waals surface area (Å²) in [6, 6.07) is 5.85. The second kappa shape index (κ2) is 5.58. The molecule has 0 heterocycles. The van der Waals surface area contributed by atoms with Crippen LogP contribution in [0.15, 0.2) is 22.7 Å². The number of rotatable bonds is 3. The minimum Gasteiger partial charge on any atom is -0.497 e. The fourth-order valence-electron chi connectivity index (χ4n) is 2.07. The molecule has 16 heavy (non-hydrogen) atoms. The maximum absolute atomic E-state index is 5.98. The van der Waals surface area contributed by atoms with E-state index in [9.17, 15) is 0 Å². The standard InChI is InChI=1S/C13H17BrO2/c1-15-11-7-8-13(12(14)9-11)16-10-5-3-2-4-6-10/h7-10H,2-6H2,1H3. The molecular formula is C13H17BrO2. The van der Waals surface area contributed by atoms with E-state index >= 15 is 0 Å². The lowest BCUT2D eigenvalue weighted by Gasteiger charge is -2.23. The maximum atomic E-state index is 5.98. The van der Waals surface area contributed by atoms with Crippen LogP contribution in [0.1, 0.15) is 32.1 Å². The first-order valence-corrected chi connectivity index (χ1v) is 6.59. The summed E-state index contributed by atoms with van der Waals surface area (Å²) in [6.07, 6.45) is 6.68. The van der Waals surface area contributed by atoms with E-state index < -0.39 is 0 Å². The van der Waals surface area contributed by atoms with Crippen LogP contribution < -0.4 is 9.47 Å². The summed E-state index contributed by atoms with van der Waals surface area (Å²) >= 11 is 3.51. The Morgan fingerprint density at radius 2 is 1.94 bits per heavy atom. The zero-order valence-corrected chi connectivity index (χ0v) is 11.1. The molecule has 0 unspecified atom stereocenters. The molecular weight excluding hydrogens is 268 g/mol. The van der Waals surface area contributed by atoms with Crippen molar-refractivity contribution in [3.8, 4) is 11.5 Å². The Bertz CT molecular complexity index is 346. The van der Waals surface area contributed by atoms with Gasteiger partial charge in [0, 0.05) is 0 Å². The first-order chi connectivity index (χ1) is 7.79. The molecule has 0 aromatic heterocycles. The minimum atomic E-state index is 0.387. The van der Waals surface area contributed by atoms with Crippen molar-refractivity contribution in [1.82, 2.24) is 0 Å². The third-order valence-corrected chi connectivity index (χ3v) is 3.60. The van der Waals surface area contributed by atoms with E-state index in [1.165, 1.54) is 32.1 Å². The molecule has 0 bridgehead atoms. The van der Waals surface area contributed by atoms with Gasteiger partial charge < -0.3 is 9.47 Å². The van der Waals surface area contributed by atoms with E-state index in [4.69, 9.17) is 9.47 Å². The van der Waals surface area contributed by atoms with E-state index in [-0.39, 0.29) is 0 Å². The first kappa shape index (κ1) is 11.8. The molecule has 0 N–H and O–H groups in total. The van der Waals surface area contributed by atoms with Crippen LogP contribution in [0.5, 0.6) is 11.5 Å². The van der Waals surface area contributed by atoms with E-state index in [1.807, 2.05) is 18.2 Å². The lowest BCUT2D eigenvalue weighted by molar-refractivity contribution is 0.154. The van der Waals surface area contributed by atoms with Gasteiger partial charge in [-0.25, -0.2) is 0 Å². The second-order valence-corrected chi connectivity index (χ2v) is 5.03. The largest absolute Gasteiger partial charge is 0.497 e. The van der Waals surface area contributed by atoms with Gasteiger partial charge in [-0.3, -0.25) is 0 Å². The lowest BCUT2D eigenvalue weighted by atomic mass is 9.98. The van der Waals surface area contributed by atoms with Gasteiger partial charge in [-0.2, -0.15) is 0 Å². The number of methoxy groups -OCH3 is 1. The summed E-state index contributed by atoms with van der Waals surface area (Å²) in [6.45, 7) is 0. The topological polar surface area (TPSA) is 18.5 Å². The van der Waals surface area contributed by atoms with Crippen LogP contribution in [-0.4, -0.2) is 13.2 Å². The van der Waals surface area contributed by atoms with Gasteiger partial charge in [0.15, 0.2) is 0 Å². The minimum absolute atomic E-state index is 0.387. The molecule has 1 aromatic rings. The monoisotopic (exact) mass is 284 g/mol. The molecule has 1 saturated carbocycles. The molecule has 2 rings (SSSR count). The van der Waals surface area contributed by atoms with Gasteiger partial charge in [0.2, 0.25) is 0 Å². The second-order valence-electron chi connectivity index (χ2n) is 4.17. The number of benzene rings is 1. The molecule has 0 spiro atoms. The molecule has 1 aromatic carbocycles. The average Bonchev–Trinajstić information content (AvgIpc) is 2.33. The van der Waals surface area contributed by atoms with Crippen molar-refractivity contribution >= 4 is 15.9 Å². The van der Waals surface area contributed by atoms with Crippen molar-refractivity contribution < 1.29 is 9.47 Å². The molecule has 1 fully saturated rings. The van der Waals surface area contributed by atoms with Crippen molar-refractivity contribution in [2.45, 2.75) is 38.2 Å². The summed E-state index contributed by atoms with van der Waals surface area (Å²) in [5.74, 6) is 1.77. The van der Waals surface area contributed by atoms with Gasteiger partial charge in [0.1, 0.15) is 11.5 Å². The Morgan fingerprint density at radius 3 is 2.56 bits per heavy atom. The molecule has 0 atom stereocenters. The summed E-state index contributed by atoms with van der Waals surface area (Å²) in [7, 11) is 1.67. The van der Waals surface area contributed by atoms with Gasteiger partial charge >= 0.3 is 0 Å². The highest BCUT2D eigenvalue weighted by molar-refractivity contribution is 9.10. The van der Waals surface area contributed by atoms with Crippen molar-refractivity contribution in [3.63, 3.8) is 0 Å². The summed E-state index contributed by atoms with van der Waals surface area (Å²) < 4.78 is 12.1. The third-order valence-electron chi connectivity index (χ3n) is 2.98. The zero-order chi connectivity index (χ0) is 11.4. The normalized spacial score (nSPS) is 17.1. The Kier molecular flexibility index (Phi) is 4.10. The SMILES string of the molecule is COc1ccc(OC2CCCCC2)c(Br)c1. The highest BCUT2D eigenvalue weighted by Crippen LogP contribution is 2.32. The molecule has 3 heteroatoms. The number of hydrogen-bond donors (Lipinski definition) is 0. The van der Waals surface area contributed by atoms with Crippen molar-refractivity contribution in [3.05, 3.63) is 22.7 Å². The van der Waals surface area contributed by atoms with E-state index in [0.717, 1.165) is 16.0 Å². The van der Waals surface area contributed by atoms with Crippen molar-refractivity contribution in [1.29, 1.82) is 0 Å². The molecule has 1 aliphatic rings. The van der Waals surface area contributed by atoms with E-state index in [1.54, 1.807) is 7.11 Å². The van der Waals surface area contributed by atoms with Gasteiger partial charge in [-0.1, -0.05) is 6.42 Å². The molecule has 0 aliphatic heterocycles. The number of halogens is 1. The predicted octanol–water partition coefficient (Wildman–Crippen LogP) is 4.17. The van der Waals surface area contributed by atoms with Crippen LogP contribution in [0.4, 0.5) is 0 Å². The summed E-state index contributed by atoms with van der Waals surface area (Å²) in [5.41, 5.74) is 0. The Hall–Kier alpha value is -0.700. The van der Waals surface area contributed by atoms with Crippen LogP contribution >= 0.6 is 15.9 Å². The van der Waals surface area contributed by atoms with Crippen LogP contribution in [0.3, 0.4) is 0 Å². The quantitative estimate of drug-likeness (QED) is 0.829. The Labute approximate surface area is 105 Å². The first-order valence-electron chi connectivity index (χ1n) is 5.80. The van der Waals surface area contributed by atoms with Crippen LogP contribution in [-0.2, 0) is 0 Å². The van der Waals surface area contributed by atoms with E-state index in [0.29, 0.717) is 6.10 Å². The van der Waals surface area contributed by atoms with Gasteiger partial charge in [0.25, 0.3) is 0 Å². The van der Waals surface area contributed by atoms with Gasteiger partial charge in [-0.05, 0) is 59.8 Å².